The van der Waals surface area contributed by atoms with Crippen molar-refractivity contribution in [3.63, 3.8) is 0 Å². The fourth-order valence-electron chi connectivity index (χ4n) is 2.30. The van der Waals surface area contributed by atoms with Gasteiger partial charge in [-0.3, -0.25) is 9.59 Å². The van der Waals surface area contributed by atoms with Crippen LogP contribution in [-0.4, -0.2) is 41.6 Å². The predicted octanol–water partition coefficient (Wildman–Crippen LogP) is 0.209. The highest BCUT2D eigenvalue weighted by atomic mass is 16.2. The second kappa shape index (κ2) is 5.35. The number of likely N-dealkylation sites (N-methyl/N-ethyl adjacent to an activating group) is 1. The van der Waals surface area contributed by atoms with Crippen molar-refractivity contribution in [3.8, 4) is 0 Å². The lowest BCUT2D eigenvalue weighted by atomic mass is 10.1. The summed E-state index contributed by atoms with van der Waals surface area (Å²) in [6.45, 7) is 1.53. The number of aromatic nitrogens is 1. The van der Waals surface area contributed by atoms with Crippen LogP contribution in [0.3, 0.4) is 0 Å². The molecule has 0 aliphatic carbocycles. The van der Waals surface area contributed by atoms with Gasteiger partial charge in [-0.05, 0) is 26.0 Å². The van der Waals surface area contributed by atoms with E-state index in [2.05, 4.69) is 5.32 Å². The maximum Gasteiger partial charge on any atom is 0.255 e. The molecule has 1 fully saturated rings. The van der Waals surface area contributed by atoms with Gasteiger partial charge in [0.2, 0.25) is 5.56 Å². The number of nitrogens with zero attached hydrogens (tertiary/aromatic N) is 2. The Kier molecular flexibility index (Phi) is 3.81. The Labute approximate surface area is 106 Å². The molecule has 1 saturated heterocycles. The van der Waals surface area contributed by atoms with Gasteiger partial charge in [0, 0.05) is 38.4 Å². The van der Waals surface area contributed by atoms with E-state index in [0.717, 1.165) is 25.9 Å². The van der Waals surface area contributed by atoms with Crippen LogP contribution in [-0.2, 0) is 7.05 Å². The molecular weight excluding hydrogens is 230 g/mol. The molecule has 1 atom stereocenters. The zero-order valence-corrected chi connectivity index (χ0v) is 10.8. The Bertz CT molecular complexity index is 495. The van der Waals surface area contributed by atoms with Gasteiger partial charge in [-0.15, -0.1) is 0 Å². The Morgan fingerprint density at radius 1 is 1.44 bits per heavy atom. The molecule has 1 aromatic rings. The van der Waals surface area contributed by atoms with E-state index in [1.165, 1.54) is 10.6 Å². The van der Waals surface area contributed by atoms with Crippen LogP contribution in [0, 0.1) is 0 Å². The summed E-state index contributed by atoms with van der Waals surface area (Å²) in [7, 11) is 3.58. The summed E-state index contributed by atoms with van der Waals surface area (Å²) < 4.78 is 1.44. The normalized spacial score (nSPS) is 19.9. The Morgan fingerprint density at radius 2 is 2.22 bits per heavy atom. The molecule has 1 unspecified atom stereocenters. The van der Waals surface area contributed by atoms with Gasteiger partial charge < -0.3 is 14.8 Å². The maximum absolute atomic E-state index is 12.3. The number of hydrogen-bond acceptors (Lipinski definition) is 3. The number of likely N-dealkylation sites (tertiary alicyclic amines) is 1. The quantitative estimate of drug-likeness (QED) is 0.815. The van der Waals surface area contributed by atoms with Gasteiger partial charge in [-0.2, -0.15) is 0 Å². The van der Waals surface area contributed by atoms with E-state index < -0.39 is 0 Å². The summed E-state index contributed by atoms with van der Waals surface area (Å²) in [4.78, 5) is 25.5. The SMILES string of the molecule is CNC1CCCN(C(=O)c2ccc(=O)n(C)c2)C1. The standard InChI is InChI=1S/C13H19N3O2/c1-14-11-4-3-7-16(9-11)13(18)10-5-6-12(17)15(2)8-10/h5-6,8,11,14H,3-4,7,9H2,1-2H3. The fourth-order valence-corrected chi connectivity index (χ4v) is 2.30. The molecule has 2 heterocycles. The van der Waals surface area contributed by atoms with E-state index in [0.29, 0.717) is 11.6 Å². The van der Waals surface area contributed by atoms with Crippen LogP contribution >= 0.6 is 0 Å². The highest BCUT2D eigenvalue weighted by molar-refractivity contribution is 5.94. The van der Waals surface area contributed by atoms with Crippen molar-refractivity contribution in [2.75, 3.05) is 20.1 Å². The third kappa shape index (κ3) is 2.61. The number of nitrogens with one attached hydrogen (secondary N) is 1. The number of amides is 1. The van der Waals surface area contributed by atoms with Crippen molar-refractivity contribution < 1.29 is 4.79 Å². The third-order valence-electron chi connectivity index (χ3n) is 3.45. The maximum atomic E-state index is 12.3. The zero-order chi connectivity index (χ0) is 13.1. The monoisotopic (exact) mass is 249 g/mol. The molecule has 1 amide bonds. The largest absolute Gasteiger partial charge is 0.337 e. The first-order valence-electron chi connectivity index (χ1n) is 6.25. The number of aryl methyl sites for hydroxylation is 1. The summed E-state index contributed by atoms with van der Waals surface area (Å²) in [5, 5.41) is 3.21. The van der Waals surface area contributed by atoms with Crippen LogP contribution in [0.2, 0.25) is 0 Å². The summed E-state index contributed by atoms with van der Waals surface area (Å²) in [5.74, 6) is 0.00514. The van der Waals surface area contributed by atoms with Crippen LogP contribution in [0.4, 0.5) is 0 Å². The lowest BCUT2D eigenvalue weighted by molar-refractivity contribution is 0.0697. The summed E-state index contributed by atoms with van der Waals surface area (Å²) in [6.07, 6.45) is 3.73. The molecule has 18 heavy (non-hydrogen) atoms. The van der Waals surface area contributed by atoms with Crippen molar-refractivity contribution in [2.45, 2.75) is 18.9 Å². The Balaban J connectivity index is 2.15. The summed E-state index contributed by atoms with van der Waals surface area (Å²) in [6, 6.07) is 3.41. The van der Waals surface area contributed by atoms with Gasteiger partial charge in [0.1, 0.15) is 0 Å². The number of carbonyl (C=O) groups excluding carboxylic acids is 1. The van der Waals surface area contributed by atoms with Crippen LogP contribution in [0.25, 0.3) is 0 Å². The first kappa shape index (κ1) is 12.8. The van der Waals surface area contributed by atoms with Crippen molar-refractivity contribution in [1.29, 1.82) is 0 Å². The first-order valence-corrected chi connectivity index (χ1v) is 6.25. The molecule has 5 nitrogen and oxygen atoms in total. The number of hydrogen-bond donors (Lipinski definition) is 1. The van der Waals surface area contributed by atoms with Crippen molar-refractivity contribution in [2.24, 2.45) is 7.05 Å². The van der Waals surface area contributed by atoms with Gasteiger partial charge >= 0.3 is 0 Å². The second-order valence-corrected chi connectivity index (χ2v) is 4.75. The van der Waals surface area contributed by atoms with E-state index in [1.54, 1.807) is 19.3 Å². The highest BCUT2D eigenvalue weighted by Crippen LogP contribution is 2.12. The van der Waals surface area contributed by atoms with Crippen LogP contribution in [0.15, 0.2) is 23.1 Å². The average molecular weight is 249 g/mol. The molecule has 1 aromatic heterocycles. The molecule has 1 aliphatic rings. The van der Waals surface area contributed by atoms with Gasteiger partial charge in [-0.25, -0.2) is 0 Å². The molecule has 1 N–H and O–H groups in total. The molecule has 0 spiro atoms. The minimum Gasteiger partial charge on any atom is -0.337 e. The fraction of sp³-hybridized carbons (Fsp3) is 0.538. The van der Waals surface area contributed by atoms with Crippen molar-refractivity contribution in [3.05, 3.63) is 34.2 Å². The van der Waals surface area contributed by atoms with E-state index in [-0.39, 0.29) is 11.5 Å². The van der Waals surface area contributed by atoms with Gasteiger partial charge in [0.25, 0.3) is 5.91 Å². The van der Waals surface area contributed by atoms with Gasteiger partial charge in [0.15, 0.2) is 0 Å². The number of rotatable bonds is 2. The van der Waals surface area contributed by atoms with Crippen LogP contribution < -0.4 is 10.9 Å². The molecule has 1 aliphatic heterocycles. The number of carbonyl (C=O) groups is 1. The predicted molar refractivity (Wildman–Crippen MR) is 69.7 cm³/mol. The minimum atomic E-state index is -0.0988. The summed E-state index contributed by atoms with van der Waals surface area (Å²) >= 11 is 0. The van der Waals surface area contributed by atoms with E-state index in [1.807, 2.05) is 11.9 Å². The zero-order valence-electron chi connectivity index (χ0n) is 10.8. The lowest BCUT2D eigenvalue weighted by Crippen LogP contribution is -2.47. The topological polar surface area (TPSA) is 54.3 Å². The van der Waals surface area contributed by atoms with Crippen LogP contribution in [0.5, 0.6) is 0 Å². The first-order chi connectivity index (χ1) is 8.61. The number of pyridine rings is 1. The van der Waals surface area contributed by atoms with E-state index in [4.69, 9.17) is 0 Å². The molecule has 2 rings (SSSR count). The Morgan fingerprint density at radius 3 is 2.89 bits per heavy atom. The van der Waals surface area contributed by atoms with Gasteiger partial charge in [-0.1, -0.05) is 0 Å². The second-order valence-electron chi connectivity index (χ2n) is 4.75. The van der Waals surface area contributed by atoms with Crippen LogP contribution in [0.1, 0.15) is 23.2 Å². The average Bonchev–Trinajstić information content (AvgIpc) is 2.41. The smallest absolute Gasteiger partial charge is 0.255 e. The summed E-state index contributed by atoms with van der Waals surface area (Å²) in [5.41, 5.74) is 0.479. The molecule has 98 valence electrons. The third-order valence-corrected chi connectivity index (χ3v) is 3.45. The van der Waals surface area contributed by atoms with E-state index >= 15 is 0 Å². The van der Waals surface area contributed by atoms with Crippen molar-refractivity contribution >= 4 is 5.91 Å². The molecular formula is C13H19N3O2. The minimum absolute atomic E-state index is 0.00514. The Hall–Kier alpha value is -1.62. The van der Waals surface area contributed by atoms with Crippen molar-refractivity contribution in [1.82, 2.24) is 14.8 Å². The highest BCUT2D eigenvalue weighted by Gasteiger charge is 2.23. The molecule has 0 radical (unpaired) electrons. The van der Waals surface area contributed by atoms with Gasteiger partial charge in [0.05, 0.1) is 5.56 Å². The molecule has 0 saturated carbocycles. The lowest BCUT2D eigenvalue weighted by Gasteiger charge is -2.32. The number of piperidine rings is 1. The molecule has 5 heteroatoms. The molecule has 0 bridgehead atoms. The molecule has 0 aromatic carbocycles. The van der Waals surface area contributed by atoms with E-state index in [9.17, 15) is 9.59 Å².